The van der Waals surface area contributed by atoms with Gasteiger partial charge in [-0.15, -0.1) is 0 Å². The molecule has 0 saturated heterocycles. The number of carboxylic acids is 1. The average Bonchev–Trinajstić information content (AvgIpc) is 2.55. The van der Waals surface area contributed by atoms with Crippen molar-refractivity contribution in [3.05, 3.63) is 36.3 Å². The van der Waals surface area contributed by atoms with Crippen molar-refractivity contribution in [3.63, 3.8) is 0 Å². The van der Waals surface area contributed by atoms with Crippen LogP contribution in [0, 0.1) is 0 Å². The summed E-state index contributed by atoms with van der Waals surface area (Å²) < 4.78 is 5.14. The van der Waals surface area contributed by atoms with E-state index in [2.05, 4.69) is 0 Å². The van der Waals surface area contributed by atoms with Crippen molar-refractivity contribution < 1.29 is 19.4 Å². The first-order chi connectivity index (χ1) is 7.16. The van der Waals surface area contributed by atoms with Crippen LogP contribution in [0.15, 0.2) is 35.0 Å². The second kappa shape index (κ2) is 3.49. The molecule has 0 saturated carbocycles. The Morgan fingerprint density at radius 1 is 1.40 bits per heavy atom. The van der Waals surface area contributed by atoms with Gasteiger partial charge in [-0.25, -0.2) is 4.79 Å². The lowest BCUT2D eigenvalue weighted by atomic mass is 10.1. The molecule has 1 aliphatic carbocycles. The summed E-state index contributed by atoms with van der Waals surface area (Å²) in [5.41, 5.74) is 1.50. The maximum atomic E-state index is 10.3. The minimum absolute atomic E-state index is 0.136. The monoisotopic (exact) mass is 204 g/mol. The number of carboxylic acid groups (broad SMARTS) is 1. The van der Waals surface area contributed by atoms with E-state index in [-0.39, 0.29) is 5.75 Å². The highest BCUT2D eigenvalue weighted by molar-refractivity contribution is 5.87. The Morgan fingerprint density at radius 2 is 2.20 bits per heavy atom. The summed E-state index contributed by atoms with van der Waals surface area (Å²) in [6.07, 6.45) is 3.79. The molecule has 0 unspecified atom stereocenters. The zero-order valence-electron chi connectivity index (χ0n) is 7.68. The van der Waals surface area contributed by atoms with Crippen LogP contribution in [0.2, 0.25) is 0 Å². The van der Waals surface area contributed by atoms with Crippen LogP contribution in [-0.2, 0) is 4.79 Å². The fraction of sp³-hybridized carbons (Fsp3) is 0. The van der Waals surface area contributed by atoms with Crippen LogP contribution in [0.3, 0.4) is 0 Å². The van der Waals surface area contributed by atoms with Crippen LogP contribution in [-0.4, -0.2) is 16.2 Å². The Hall–Kier alpha value is -2.23. The van der Waals surface area contributed by atoms with E-state index in [0.29, 0.717) is 11.3 Å². The van der Waals surface area contributed by atoms with Crippen molar-refractivity contribution >= 4 is 12.0 Å². The standard InChI is InChI=1S/C11H8O4/c12-8-5-7-3-4-15-10(9(7)6-8)1-2-11(13)14/h1-6,12H,(H,13,14). The topological polar surface area (TPSA) is 70.7 Å². The van der Waals surface area contributed by atoms with Crippen LogP contribution in [0.1, 0.15) is 5.76 Å². The molecule has 0 aromatic heterocycles. The highest BCUT2D eigenvalue weighted by atomic mass is 16.4. The first kappa shape index (κ1) is 9.33. The normalized spacial score (nSPS) is 11.2. The third-order valence-corrected chi connectivity index (χ3v) is 1.99. The minimum Gasteiger partial charge on any atom is -0.508 e. The second-order valence-corrected chi connectivity index (χ2v) is 3.04. The number of hydrogen-bond acceptors (Lipinski definition) is 3. The summed E-state index contributed by atoms with van der Waals surface area (Å²) in [4.78, 5) is 10.3. The molecule has 0 aromatic rings. The van der Waals surface area contributed by atoms with E-state index >= 15 is 0 Å². The van der Waals surface area contributed by atoms with Crippen molar-refractivity contribution in [1.29, 1.82) is 0 Å². The molecule has 2 aliphatic rings. The summed E-state index contributed by atoms with van der Waals surface area (Å²) in [6.45, 7) is 0. The van der Waals surface area contributed by atoms with Gasteiger partial charge >= 0.3 is 5.97 Å². The first-order valence-corrected chi connectivity index (χ1v) is 4.28. The molecule has 4 heteroatoms. The lowest BCUT2D eigenvalue weighted by molar-refractivity contribution is -0.131. The molecular weight excluding hydrogens is 196 g/mol. The SMILES string of the molecule is O=C(O)C=Cc1occc2cc(O)cc1-2. The Bertz CT molecular complexity index is 496. The number of rotatable bonds is 2. The van der Waals surface area contributed by atoms with E-state index in [1.54, 1.807) is 12.1 Å². The first-order valence-electron chi connectivity index (χ1n) is 4.28. The Morgan fingerprint density at radius 3 is 2.93 bits per heavy atom. The predicted octanol–water partition coefficient (Wildman–Crippen LogP) is 2.19. The maximum Gasteiger partial charge on any atom is 0.328 e. The van der Waals surface area contributed by atoms with Crippen molar-refractivity contribution in [1.82, 2.24) is 0 Å². The largest absolute Gasteiger partial charge is 0.508 e. The molecule has 0 fully saturated rings. The Kier molecular flexibility index (Phi) is 2.17. The molecule has 4 nitrogen and oxygen atoms in total. The fourth-order valence-electron chi connectivity index (χ4n) is 1.38. The Labute approximate surface area is 85.4 Å². The van der Waals surface area contributed by atoms with Crippen molar-refractivity contribution in [2.75, 3.05) is 0 Å². The number of carbonyl (C=O) groups is 1. The number of hydrogen-bond donors (Lipinski definition) is 2. The van der Waals surface area contributed by atoms with Gasteiger partial charge in [-0.3, -0.25) is 0 Å². The molecule has 0 atom stereocenters. The third-order valence-electron chi connectivity index (χ3n) is 1.99. The second-order valence-electron chi connectivity index (χ2n) is 3.04. The van der Waals surface area contributed by atoms with Crippen molar-refractivity contribution in [2.45, 2.75) is 0 Å². The van der Waals surface area contributed by atoms with Crippen LogP contribution in [0.4, 0.5) is 0 Å². The molecule has 1 heterocycles. The van der Waals surface area contributed by atoms with Gasteiger partial charge in [0.15, 0.2) is 0 Å². The van der Waals surface area contributed by atoms with E-state index in [4.69, 9.17) is 9.52 Å². The summed E-state index contributed by atoms with van der Waals surface area (Å²) in [5, 5.41) is 17.8. The third kappa shape index (κ3) is 1.83. The van der Waals surface area contributed by atoms with Crippen LogP contribution >= 0.6 is 0 Å². The molecule has 1 aliphatic heterocycles. The van der Waals surface area contributed by atoms with E-state index < -0.39 is 5.97 Å². The minimum atomic E-state index is -1.04. The molecule has 0 spiro atoms. The van der Waals surface area contributed by atoms with Gasteiger partial charge in [-0.2, -0.15) is 0 Å². The van der Waals surface area contributed by atoms with E-state index in [9.17, 15) is 9.90 Å². The molecule has 0 amide bonds. The van der Waals surface area contributed by atoms with Crippen LogP contribution in [0.25, 0.3) is 17.2 Å². The van der Waals surface area contributed by atoms with Gasteiger partial charge < -0.3 is 14.6 Å². The van der Waals surface area contributed by atoms with Gasteiger partial charge in [0.1, 0.15) is 11.5 Å². The number of aromatic hydroxyl groups is 1. The van der Waals surface area contributed by atoms with E-state index in [1.165, 1.54) is 18.4 Å². The smallest absolute Gasteiger partial charge is 0.328 e. The number of fused-ring (bicyclic) bond motifs is 1. The van der Waals surface area contributed by atoms with Gasteiger partial charge in [-0.1, -0.05) is 0 Å². The summed E-state index contributed by atoms with van der Waals surface area (Å²) in [6, 6.07) is 4.82. The maximum absolute atomic E-state index is 10.3. The lowest BCUT2D eigenvalue weighted by Crippen LogP contribution is -1.86. The van der Waals surface area contributed by atoms with Crippen LogP contribution in [0.5, 0.6) is 5.75 Å². The summed E-state index contributed by atoms with van der Waals surface area (Å²) >= 11 is 0. The fourth-order valence-corrected chi connectivity index (χ4v) is 1.38. The van der Waals surface area contributed by atoms with Crippen LogP contribution < -0.4 is 0 Å². The van der Waals surface area contributed by atoms with Crippen molar-refractivity contribution in [3.8, 4) is 16.9 Å². The molecule has 15 heavy (non-hydrogen) atoms. The van der Waals surface area contributed by atoms with Gasteiger partial charge in [-0.05, 0) is 29.8 Å². The highest BCUT2D eigenvalue weighted by Crippen LogP contribution is 2.33. The molecule has 0 aromatic carbocycles. The Balaban J connectivity index is 2.48. The van der Waals surface area contributed by atoms with Gasteiger partial charge in [0.2, 0.25) is 0 Å². The van der Waals surface area contributed by atoms with Gasteiger partial charge in [0, 0.05) is 11.6 Å². The predicted molar refractivity (Wildman–Crippen MR) is 53.7 cm³/mol. The lowest BCUT2D eigenvalue weighted by Gasteiger charge is -2.00. The van der Waals surface area contributed by atoms with Gasteiger partial charge in [0.25, 0.3) is 0 Å². The van der Waals surface area contributed by atoms with E-state index in [0.717, 1.165) is 11.6 Å². The molecule has 2 rings (SSSR count). The highest BCUT2D eigenvalue weighted by Gasteiger charge is 2.10. The molecule has 2 N–H and O–H groups in total. The molecule has 76 valence electrons. The molecule has 0 radical (unpaired) electrons. The molecular formula is C11H8O4. The van der Waals surface area contributed by atoms with Crippen molar-refractivity contribution in [2.24, 2.45) is 0 Å². The number of aliphatic carboxylic acids is 1. The average molecular weight is 204 g/mol. The van der Waals surface area contributed by atoms with Gasteiger partial charge in [0.05, 0.1) is 6.26 Å². The van der Waals surface area contributed by atoms with E-state index in [1.807, 2.05) is 0 Å². The zero-order chi connectivity index (χ0) is 10.8. The summed E-state index contributed by atoms with van der Waals surface area (Å²) in [7, 11) is 0. The molecule has 0 bridgehead atoms. The summed E-state index contributed by atoms with van der Waals surface area (Å²) in [5.74, 6) is -0.496. The zero-order valence-corrected chi connectivity index (χ0v) is 7.68. The quantitative estimate of drug-likeness (QED) is 0.735.